The highest BCUT2D eigenvalue weighted by Gasteiger charge is 2.30. The Balaban J connectivity index is 1.47. The van der Waals surface area contributed by atoms with Crippen LogP contribution in [0.2, 0.25) is 10.0 Å². The molecule has 2 amide bonds. The molecule has 3 aromatic carbocycles. The lowest BCUT2D eigenvalue weighted by molar-refractivity contribution is -0.125. The number of allylic oxidation sites excluding steroid dienone is 1. The SMILES string of the molecule is C=CN(/C(=C(\C)c1ccccc1)c1c(C(=O)Nc2cccnc2N2CCC(C(=O)NC)CC2)[nH]c2cc(Cl)ccc12)C(C)c1ccc(Cl)cc1. The molecule has 6 rings (SSSR count). The minimum atomic E-state index is -0.330. The highest BCUT2D eigenvalue weighted by molar-refractivity contribution is 6.31. The number of amides is 2. The van der Waals surface area contributed by atoms with Crippen molar-refractivity contribution < 1.29 is 9.59 Å². The lowest BCUT2D eigenvalue weighted by Gasteiger charge is -2.33. The summed E-state index contributed by atoms with van der Waals surface area (Å²) in [5.74, 6) is 0.347. The summed E-state index contributed by atoms with van der Waals surface area (Å²) in [5.41, 5.74) is 6.20. The highest BCUT2D eigenvalue weighted by Crippen LogP contribution is 2.41. The van der Waals surface area contributed by atoms with Crippen molar-refractivity contribution in [3.8, 4) is 0 Å². The van der Waals surface area contributed by atoms with Crippen LogP contribution < -0.4 is 15.5 Å². The number of hydrogen-bond acceptors (Lipinski definition) is 5. The van der Waals surface area contributed by atoms with Crippen LogP contribution in [-0.2, 0) is 4.79 Å². The van der Waals surface area contributed by atoms with Gasteiger partial charge in [-0.2, -0.15) is 0 Å². The molecule has 1 aliphatic rings. The Hall–Kier alpha value is -5.05. The number of halogens is 2. The van der Waals surface area contributed by atoms with E-state index in [2.05, 4.69) is 63.0 Å². The van der Waals surface area contributed by atoms with Crippen LogP contribution in [0, 0.1) is 5.92 Å². The van der Waals surface area contributed by atoms with Crippen molar-refractivity contribution in [2.24, 2.45) is 5.92 Å². The first-order valence-corrected chi connectivity index (χ1v) is 17.4. The van der Waals surface area contributed by atoms with Crippen molar-refractivity contribution in [2.45, 2.75) is 32.7 Å². The molecule has 0 aliphatic carbocycles. The standard InChI is InChI=1S/C40H40Cl2N6O2/c1-5-48(26(3)28-13-15-30(41)16-14-28)37(25(2)27-10-7-6-8-11-27)35-32-18-17-31(42)24-34(32)45-36(35)40(50)46-33-12-9-21-44-38(33)47-22-19-29(20-23-47)39(49)43-4/h5-18,21,24,26,29,45H,1,19-20,22-23H2,2-4H3,(H,43,49)(H,46,50)/b37-25+. The fourth-order valence-electron chi connectivity index (χ4n) is 6.76. The maximum absolute atomic E-state index is 14.6. The molecule has 50 heavy (non-hydrogen) atoms. The molecule has 0 spiro atoms. The fourth-order valence-corrected chi connectivity index (χ4v) is 7.05. The van der Waals surface area contributed by atoms with Crippen LogP contribution >= 0.6 is 23.2 Å². The van der Waals surface area contributed by atoms with Crippen LogP contribution in [0.25, 0.3) is 22.2 Å². The summed E-state index contributed by atoms with van der Waals surface area (Å²) in [6.45, 7) is 9.71. The van der Waals surface area contributed by atoms with Crippen molar-refractivity contribution in [1.29, 1.82) is 0 Å². The third kappa shape index (κ3) is 7.13. The Bertz CT molecular complexity index is 2050. The molecule has 0 radical (unpaired) electrons. The van der Waals surface area contributed by atoms with Gasteiger partial charge in [-0.05, 0) is 86.0 Å². The molecule has 5 aromatic rings. The largest absolute Gasteiger partial charge is 0.359 e. The van der Waals surface area contributed by atoms with Crippen LogP contribution in [0.4, 0.5) is 11.5 Å². The Morgan fingerprint density at radius 3 is 2.38 bits per heavy atom. The molecule has 3 heterocycles. The number of benzene rings is 3. The summed E-state index contributed by atoms with van der Waals surface area (Å²) in [4.78, 5) is 39.2. The maximum Gasteiger partial charge on any atom is 0.272 e. The molecule has 8 nitrogen and oxygen atoms in total. The average Bonchev–Trinajstić information content (AvgIpc) is 3.52. The first-order chi connectivity index (χ1) is 24.2. The third-order valence-corrected chi connectivity index (χ3v) is 9.94. The summed E-state index contributed by atoms with van der Waals surface area (Å²) in [6.07, 6.45) is 4.93. The lowest BCUT2D eigenvalue weighted by Crippen LogP contribution is -2.40. The Morgan fingerprint density at radius 2 is 1.70 bits per heavy atom. The second-order valence-electron chi connectivity index (χ2n) is 12.4. The molecule has 1 aliphatic heterocycles. The van der Waals surface area contributed by atoms with E-state index in [4.69, 9.17) is 23.2 Å². The Labute approximate surface area is 302 Å². The van der Waals surface area contributed by atoms with E-state index in [1.54, 1.807) is 25.5 Å². The van der Waals surface area contributed by atoms with Gasteiger partial charge in [0.15, 0.2) is 5.82 Å². The Morgan fingerprint density at radius 1 is 1.00 bits per heavy atom. The molecule has 1 saturated heterocycles. The van der Waals surface area contributed by atoms with E-state index < -0.39 is 0 Å². The molecule has 10 heteroatoms. The van der Waals surface area contributed by atoms with Crippen LogP contribution in [-0.4, -0.2) is 46.8 Å². The van der Waals surface area contributed by atoms with E-state index >= 15 is 0 Å². The molecule has 1 fully saturated rings. The first-order valence-electron chi connectivity index (χ1n) is 16.7. The van der Waals surface area contributed by atoms with Crippen molar-refractivity contribution in [2.75, 3.05) is 30.4 Å². The fraction of sp³-hybridized carbons (Fsp3) is 0.225. The van der Waals surface area contributed by atoms with Gasteiger partial charge in [0.2, 0.25) is 5.91 Å². The number of pyridine rings is 1. The van der Waals surface area contributed by atoms with Crippen molar-refractivity contribution in [1.82, 2.24) is 20.2 Å². The Kier molecular flexibility index (Phi) is 10.6. The normalized spacial score (nSPS) is 14.5. The molecule has 3 N–H and O–H groups in total. The number of aromatic amines is 1. The smallest absolute Gasteiger partial charge is 0.272 e. The number of rotatable bonds is 10. The summed E-state index contributed by atoms with van der Waals surface area (Å²) in [5, 5.41) is 7.97. The number of piperidine rings is 1. The van der Waals surface area contributed by atoms with Gasteiger partial charge in [-0.15, -0.1) is 0 Å². The molecule has 256 valence electrons. The van der Waals surface area contributed by atoms with E-state index in [0.29, 0.717) is 58.7 Å². The van der Waals surface area contributed by atoms with Crippen LogP contribution in [0.5, 0.6) is 0 Å². The molecule has 1 atom stereocenters. The molecule has 1 unspecified atom stereocenters. The van der Waals surface area contributed by atoms with Crippen LogP contribution in [0.1, 0.15) is 59.9 Å². The van der Waals surface area contributed by atoms with E-state index in [0.717, 1.165) is 33.3 Å². The minimum Gasteiger partial charge on any atom is -0.359 e. The highest BCUT2D eigenvalue weighted by atomic mass is 35.5. The van der Waals surface area contributed by atoms with Crippen LogP contribution in [0.15, 0.2) is 104 Å². The second kappa shape index (κ2) is 15.2. The van der Waals surface area contributed by atoms with Gasteiger partial charge in [0.1, 0.15) is 5.69 Å². The number of H-pyrrole nitrogens is 1. The first kappa shape index (κ1) is 34.8. The van der Waals surface area contributed by atoms with Gasteiger partial charge in [-0.3, -0.25) is 9.59 Å². The molecular formula is C40H40Cl2N6O2. The third-order valence-electron chi connectivity index (χ3n) is 9.46. The number of aromatic nitrogens is 2. The molecule has 0 saturated carbocycles. The summed E-state index contributed by atoms with van der Waals surface area (Å²) >= 11 is 12.8. The van der Waals surface area contributed by atoms with E-state index in [9.17, 15) is 9.59 Å². The number of nitrogens with one attached hydrogen (secondary N) is 3. The van der Waals surface area contributed by atoms with Gasteiger partial charge in [0.25, 0.3) is 5.91 Å². The van der Waals surface area contributed by atoms with Gasteiger partial charge in [-0.1, -0.05) is 78.3 Å². The number of nitrogens with zero attached hydrogens (tertiary/aromatic N) is 3. The predicted octanol–water partition coefficient (Wildman–Crippen LogP) is 9.18. The van der Waals surface area contributed by atoms with Crippen molar-refractivity contribution in [3.05, 3.63) is 136 Å². The summed E-state index contributed by atoms with van der Waals surface area (Å²) in [6, 6.07) is 27.0. The van der Waals surface area contributed by atoms with Gasteiger partial charge in [0.05, 0.1) is 17.4 Å². The molecule has 2 aromatic heterocycles. The van der Waals surface area contributed by atoms with E-state index in [1.165, 1.54) is 0 Å². The summed E-state index contributed by atoms with van der Waals surface area (Å²) < 4.78 is 0. The molecule has 0 bridgehead atoms. The van der Waals surface area contributed by atoms with Crippen molar-refractivity contribution in [3.63, 3.8) is 0 Å². The maximum atomic E-state index is 14.6. The zero-order chi connectivity index (χ0) is 35.4. The number of anilines is 2. The second-order valence-corrected chi connectivity index (χ2v) is 13.3. The van der Waals surface area contributed by atoms with Gasteiger partial charge >= 0.3 is 0 Å². The van der Waals surface area contributed by atoms with E-state index in [-0.39, 0.29) is 23.8 Å². The summed E-state index contributed by atoms with van der Waals surface area (Å²) in [7, 11) is 1.67. The zero-order valence-electron chi connectivity index (χ0n) is 28.3. The van der Waals surface area contributed by atoms with Gasteiger partial charge < -0.3 is 25.4 Å². The minimum absolute atomic E-state index is 0.0418. The predicted molar refractivity (Wildman–Crippen MR) is 205 cm³/mol. The molecular weight excluding hydrogens is 667 g/mol. The monoisotopic (exact) mass is 706 g/mol. The lowest BCUT2D eigenvalue weighted by atomic mass is 9.95. The quantitative estimate of drug-likeness (QED) is 0.135. The number of fused-ring (bicyclic) bond motifs is 1. The topological polar surface area (TPSA) is 93.4 Å². The number of hydrogen-bond donors (Lipinski definition) is 3. The van der Waals surface area contributed by atoms with Crippen molar-refractivity contribution >= 4 is 68.7 Å². The van der Waals surface area contributed by atoms with Crippen LogP contribution in [0.3, 0.4) is 0 Å². The van der Waals surface area contributed by atoms with E-state index in [1.807, 2.05) is 66.7 Å². The van der Waals surface area contributed by atoms with Gasteiger partial charge in [-0.25, -0.2) is 4.98 Å². The van der Waals surface area contributed by atoms with Gasteiger partial charge in [0, 0.05) is 58.8 Å². The average molecular weight is 708 g/mol. The number of carbonyl (C=O) groups excluding carboxylic acids is 2. The number of carbonyl (C=O) groups is 2. The zero-order valence-corrected chi connectivity index (χ0v) is 29.9.